The van der Waals surface area contributed by atoms with Crippen LogP contribution < -0.4 is 5.73 Å². The van der Waals surface area contributed by atoms with E-state index < -0.39 is 17.4 Å². The molecule has 0 spiro atoms. The molecule has 2 N–H and O–H groups in total. The van der Waals surface area contributed by atoms with Crippen LogP contribution in [0.25, 0.3) is 11.3 Å². The smallest absolute Gasteiger partial charge is 0.394 e. The Morgan fingerprint density at radius 2 is 2.12 bits per heavy atom. The molecule has 9 heteroatoms. The first-order valence-electron chi connectivity index (χ1n) is 4.32. The molecule has 0 bridgehead atoms. The van der Waals surface area contributed by atoms with Gasteiger partial charge in [0.15, 0.2) is 11.5 Å². The molecule has 2 aromatic heterocycles. The number of alkyl halides is 3. The summed E-state index contributed by atoms with van der Waals surface area (Å²) >= 11 is 5.74. The molecule has 0 saturated carbocycles. The molecule has 92 valence electrons. The summed E-state index contributed by atoms with van der Waals surface area (Å²) < 4.78 is 43.7. The standard InChI is InChI=1S/C8H6ClF3N4O/c1-16-7(9)4(5-3(13)2-14-17-5)6(15-16)8(10,11)12/h2H,13H2,1H3. The molecule has 0 aliphatic carbocycles. The van der Waals surface area contributed by atoms with Crippen LogP contribution in [0.5, 0.6) is 0 Å². The van der Waals surface area contributed by atoms with Crippen LogP contribution >= 0.6 is 11.6 Å². The largest absolute Gasteiger partial charge is 0.435 e. The minimum absolute atomic E-state index is 0.0367. The highest BCUT2D eigenvalue weighted by Gasteiger charge is 2.40. The highest BCUT2D eigenvalue weighted by molar-refractivity contribution is 6.32. The number of rotatable bonds is 1. The van der Waals surface area contributed by atoms with Gasteiger partial charge in [0.1, 0.15) is 10.8 Å². The molecule has 0 saturated heterocycles. The summed E-state index contributed by atoms with van der Waals surface area (Å²) in [7, 11) is 1.29. The maximum Gasteiger partial charge on any atom is 0.435 e. The lowest BCUT2D eigenvalue weighted by molar-refractivity contribution is -0.141. The van der Waals surface area contributed by atoms with Crippen molar-refractivity contribution in [2.75, 3.05) is 5.73 Å². The normalized spacial score (nSPS) is 12.1. The molecule has 0 aliphatic rings. The zero-order valence-electron chi connectivity index (χ0n) is 8.42. The minimum atomic E-state index is -4.65. The third kappa shape index (κ3) is 1.84. The van der Waals surface area contributed by atoms with Crippen molar-refractivity contribution in [3.8, 4) is 11.3 Å². The van der Waals surface area contributed by atoms with Crippen molar-refractivity contribution in [2.45, 2.75) is 6.18 Å². The summed E-state index contributed by atoms with van der Waals surface area (Å²) in [6.45, 7) is 0. The van der Waals surface area contributed by atoms with E-state index >= 15 is 0 Å². The van der Waals surface area contributed by atoms with Gasteiger partial charge in [-0.2, -0.15) is 18.3 Å². The second-order valence-electron chi connectivity index (χ2n) is 3.25. The molecule has 0 aromatic carbocycles. The Hall–Kier alpha value is -1.70. The summed E-state index contributed by atoms with van der Waals surface area (Å²) in [4.78, 5) is 0. The predicted octanol–water partition coefficient (Wildman–Crippen LogP) is 2.33. The lowest BCUT2D eigenvalue weighted by Crippen LogP contribution is -2.08. The van der Waals surface area contributed by atoms with Crippen molar-refractivity contribution in [3.63, 3.8) is 0 Å². The number of hydrogen-bond acceptors (Lipinski definition) is 4. The second kappa shape index (κ2) is 3.66. The van der Waals surface area contributed by atoms with Crippen LogP contribution in [-0.2, 0) is 13.2 Å². The lowest BCUT2D eigenvalue weighted by atomic mass is 10.2. The number of nitrogen functional groups attached to an aromatic ring is 1. The van der Waals surface area contributed by atoms with Crippen molar-refractivity contribution in [1.29, 1.82) is 0 Å². The van der Waals surface area contributed by atoms with Crippen LogP contribution in [0.3, 0.4) is 0 Å². The van der Waals surface area contributed by atoms with E-state index in [1.807, 2.05) is 0 Å². The van der Waals surface area contributed by atoms with Crippen LogP contribution in [0.2, 0.25) is 5.15 Å². The van der Waals surface area contributed by atoms with Crippen LogP contribution in [0.15, 0.2) is 10.7 Å². The first-order valence-corrected chi connectivity index (χ1v) is 4.70. The molecular weight excluding hydrogens is 261 g/mol. The molecule has 0 radical (unpaired) electrons. The van der Waals surface area contributed by atoms with E-state index in [1.54, 1.807) is 0 Å². The van der Waals surface area contributed by atoms with E-state index in [-0.39, 0.29) is 16.6 Å². The number of anilines is 1. The van der Waals surface area contributed by atoms with Crippen LogP contribution in [-0.4, -0.2) is 14.9 Å². The first-order chi connectivity index (χ1) is 7.82. The van der Waals surface area contributed by atoms with Crippen molar-refractivity contribution in [3.05, 3.63) is 17.0 Å². The van der Waals surface area contributed by atoms with Gasteiger partial charge in [0.2, 0.25) is 0 Å². The molecular formula is C8H6ClF3N4O. The van der Waals surface area contributed by atoms with E-state index in [2.05, 4.69) is 14.8 Å². The minimum Gasteiger partial charge on any atom is -0.394 e. The topological polar surface area (TPSA) is 69.9 Å². The van der Waals surface area contributed by atoms with Gasteiger partial charge in [-0.1, -0.05) is 16.8 Å². The van der Waals surface area contributed by atoms with Gasteiger partial charge in [-0.3, -0.25) is 4.68 Å². The number of halogens is 4. The van der Waals surface area contributed by atoms with Gasteiger partial charge >= 0.3 is 6.18 Å². The Balaban J connectivity index is 2.73. The highest BCUT2D eigenvalue weighted by Crippen LogP contribution is 2.41. The van der Waals surface area contributed by atoms with Crippen LogP contribution in [0, 0.1) is 0 Å². The van der Waals surface area contributed by atoms with Gasteiger partial charge in [0.25, 0.3) is 0 Å². The quantitative estimate of drug-likeness (QED) is 0.860. The zero-order valence-corrected chi connectivity index (χ0v) is 9.17. The predicted molar refractivity (Wildman–Crippen MR) is 53.1 cm³/mol. The van der Waals surface area contributed by atoms with Gasteiger partial charge in [0, 0.05) is 7.05 Å². The first kappa shape index (κ1) is 11.8. The Morgan fingerprint density at radius 3 is 2.59 bits per heavy atom. The van der Waals surface area contributed by atoms with Gasteiger partial charge in [-0.05, 0) is 0 Å². The SMILES string of the molecule is Cn1nc(C(F)(F)F)c(-c2oncc2N)c1Cl. The van der Waals surface area contributed by atoms with Crippen LogP contribution in [0.4, 0.5) is 18.9 Å². The Bertz CT molecular complexity index is 560. The number of aryl methyl sites for hydroxylation is 1. The van der Waals surface area contributed by atoms with Crippen molar-refractivity contribution in [1.82, 2.24) is 14.9 Å². The Labute approximate surface area is 97.9 Å². The summed E-state index contributed by atoms with van der Waals surface area (Å²) in [6.07, 6.45) is -3.56. The number of aromatic nitrogens is 3. The molecule has 2 aromatic rings. The Kier molecular flexibility index (Phi) is 2.53. The number of nitrogens with two attached hydrogens (primary N) is 1. The maximum atomic E-state index is 12.7. The van der Waals surface area contributed by atoms with E-state index in [0.29, 0.717) is 0 Å². The van der Waals surface area contributed by atoms with E-state index in [9.17, 15) is 13.2 Å². The highest BCUT2D eigenvalue weighted by atomic mass is 35.5. The molecule has 0 unspecified atom stereocenters. The average Bonchev–Trinajstić information content (AvgIpc) is 2.72. The van der Waals surface area contributed by atoms with Gasteiger partial charge in [-0.25, -0.2) is 0 Å². The van der Waals surface area contributed by atoms with Gasteiger partial charge in [0.05, 0.1) is 11.8 Å². The lowest BCUT2D eigenvalue weighted by Gasteiger charge is -2.04. The molecule has 2 rings (SSSR count). The third-order valence-corrected chi connectivity index (χ3v) is 2.50. The molecule has 2 heterocycles. The van der Waals surface area contributed by atoms with E-state index in [4.69, 9.17) is 17.3 Å². The Morgan fingerprint density at radius 1 is 1.47 bits per heavy atom. The van der Waals surface area contributed by atoms with Crippen molar-refractivity contribution < 1.29 is 17.7 Å². The molecule has 17 heavy (non-hydrogen) atoms. The fraction of sp³-hybridized carbons (Fsp3) is 0.250. The van der Waals surface area contributed by atoms with Gasteiger partial charge < -0.3 is 10.3 Å². The summed E-state index contributed by atoms with van der Waals surface area (Å²) in [5.41, 5.74) is 3.84. The van der Waals surface area contributed by atoms with Gasteiger partial charge in [-0.15, -0.1) is 0 Å². The molecule has 0 atom stereocenters. The monoisotopic (exact) mass is 266 g/mol. The van der Waals surface area contributed by atoms with Crippen molar-refractivity contribution in [2.24, 2.45) is 7.05 Å². The molecule has 0 amide bonds. The number of hydrogen-bond donors (Lipinski definition) is 1. The molecule has 0 fully saturated rings. The third-order valence-electron chi connectivity index (χ3n) is 2.07. The maximum absolute atomic E-state index is 12.7. The van der Waals surface area contributed by atoms with E-state index in [1.165, 1.54) is 7.05 Å². The van der Waals surface area contributed by atoms with Crippen LogP contribution in [0.1, 0.15) is 5.69 Å². The second-order valence-corrected chi connectivity index (χ2v) is 3.60. The molecule has 5 nitrogen and oxygen atoms in total. The summed E-state index contributed by atoms with van der Waals surface area (Å²) in [6, 6.07) is 0. The summed E-state index contributed by atoms with van der Waals surface area (Å²) in [5.74, 6) is -0.240. The fourth-order valence-corrected chi connectivity index (χ4v) is 1.55. The average molecular weight is 267 g/mol. The number of nitrogens with zero attached hydrogens (tertiary/aromatic N) is 3. The fourth-order valence-electron chi connectivity index (χ4n) is 1.34. The zero-order chi connectivity index (χ0) is 12.8. The molecule has 0 aliphatic heterocycles. The van der Waals surface area contributed by atoms with Crippen molar-refractivity contribution >= 4 is 17.3 Å². The summed E-state index contributed by atoms with van der Waals surface area (Å²) in [5, 5.41) is 6.38. The van der Waals surface area contributed by atoms with E-state index in [0.717, 1.165) is 10.9 Å².